The van der Waals surface area contributed by atoms with Crippen LogP contribution in [-0.4, -0.2) is 19.9 Å². The standard InChI is InChI=1S/C13H16ClN3O/c1-3-6-17-12(8-18)15-16-13(17)10-4-5-11(14)9(2)7-10/h4-5,7,18H,3,6,8H2,1-2H3. The van der Waals surface area contributed by atoms with Crippen LogP contribution in [0.2, 0.25) is 5.02 Å². The second-order valence-corrected chi connectivity index (χ2v) is 4.62. The van der Waals surface area contributed by atoms with Crippen molar-refractivity contribution in [2.24, 2.45) is 0 Å². The lowest BCUT2D eigenvalue weighted by Crippen LogP contribution is -2.05. The van der Waals surface area contributed by atoms with E-state index in [1.54, 1.807) is 0 Å². The predicted molar refractivity (Wildman–Crippen MR) is 71.4 cm³/mol. The maximum atomic E-state index is 9.26. The van der Waals surface area contributed by atoms with Crippen molar-refractivity contribution in [3.8, 4) is 11.4 Å². The Hall–Kier alpha value is -1.39. The van der Waals surface area contributed by atoms with Crippen molar-refractivity contribution in [3.05, 3.63) is 34.6 Å². The van der Waals surface area contributed by atoms with Crippen LogP contribution in [0.1, 0.15) is 24.7 Å². The van der Waals surface area contributed by atoms with E-state index in [0.717, 1.165) is 34.9 Å². The fourth-order valence-electron chi connectivity index (χ4n) is 1.91. The molecule has 1 heterocycles. The van der Waals surface area contributed by atoms with Gasteiger partial charge in [0.2, 0.25) is 0 Å². The first-order valence-electron chi connectivity index (χ1n) is 5.96. The number of hydrogen-bond donors (Lipinski definition) is 1. The van der Waals surface area contributed by atoms with Crippen molar-refractivity contribution in [2.75, 3.05) is 0 Å². The summed E-state index contributed by atoms with van der Waals surface area (Å²) in [7, 11) is 0. The highest BCUT2D eigenvalue weighted by Gasteiger charge is 2.13. The summed E-state index contributed by atoms with van der Waals surface area (Å²) in [6.45, 7) is 4.73. The molecule has 0 unspecified atom stereocenters. The summed E-state index contributed by atoms with van der Waals surface area (Å²) < 4.78 is 1.95. The van der Waals surface area contributed by atoms with Crippen LogP contribution in [0, 0.1) is 6.92 Å². The highest BCUT2D eigenvalue weighted by Crippen LogP contribution is 2.24. The zero-order valence-corrected chi connectivity index (χ0v) is 11.3. The van der Waals surface area contributed by atoms with Gasteiger partial charge in [-0.2, -0.15) is 0 Å². The van der Waals surface area contributed by atoms with E-state index in [0.29, 0.717) is 5.82 Å². The van der Waals surface area contributed by atoms with Gasteiger partial charge in [0.15, 0.2) is 11.6 Å². The number of aliphatic hydroxyl groups excluding tert-OH is 1. The van der Waals surface area contributed by atoms with Crippen molar-refractivity contribution in [1.82, 2.24) is 14.8 Å². The Morgan fingerprint density at radius 1 is 1.33 bits per heavy atom. The SMILES string of the molecule is CCCn1c(CO)nnc1-c1ccc(Cl)c(C)c1. The van der Waals surface area contributed by atoms with E-state index in [4.69, 9.17) is 11.6 Å². The van der Waals surface area contributed by atoms with Crippen molar-refractivity contribution in [1.29, 1.82) is 0 Å². The second kappa shape index (κ2) is 5.50. The Morgan fingerprint density at radius 2 is 2.11 bits per heavy atom. The Labute approximate surface area is 111 Å². The van der Waals surface area contributed by atoms with Crippen LogP contribution < -0.4 is 0 Å². The minimum atomic E-state index is -0.0976. The maximum absolute atomic E-state index is 9.26. The number of rotatable bonds is 4. The van der Waals surface area contributed by atoms with Crippen molar-refractivity contribution < 1.29 is 5.11 Å². The van der Waals surface area contributed by atoms with E-state index in [2.05, 4.69) is 17.1 Å². The van der Waals surface area contributed by atoms with Gasteiger partial charge < -0.3 is 9.67 Å². The van der Waals surface area contributed by atoms with Crippen LogP contribution in [0.4, 0.5) is 0 Å². The molecule has 1 aromatic carbocycles. The molecule has 1 N–H and O–H groups in total. The molecule has 1 aromatic heterocycles. The number of aryl methyl sites for hydroxylation is 1. The molecule has 0 amide bonds. The van der Waals surface area contributed by atoms with Gasteiger partial charge in [0.05, 0.1) is 0 Å². The van der Waals surface area contributed by atoms with Gasteiger partial charge in [0.25, 0.3) is 0 Å². The van der Waals surface area contributed by atoms with Gasteiger partial charge >= 0.3 is 0 Å². The van der Waals surface area contributed by atoms with Crippen LogP contribution in [-0.2, 0) is 13.2 Å². The molecule has 18 heavy (non-hydrogen) atoms. The van der Waals surface area contributed by atoms with E-state index in [-0.39, 0.29) is 6.61 Å². The molecule has 0 fully saturated rings. The summed E-state index contributed by atoms with van der Waals surface area (Å²) in [6.07, 6.45) is 0.963. The molecule has 0 saturated carbocycles. The molecule has 0 radical (unpaired) electrons. The van der Waals surface area contributed by atoms with E-state index in [9.17, 15) is 5.11 Å². The Morgan fingerprint density at radius 3 is 2.72 bits per heavy atom. The normalized spacial score (nSPS) is 10.9. The highest BCUT2D eigenvalue weighted by atomic mass is 35.5. The Balaban J connectivity index is 2.49. The summed E-state index contributed by atoms with van der Waals surface area (Å²) in [4.78, 5) is 0. The molecular formula is C13H16ClN3O. The van der Waals surface area contributed by atoms with Gasteiger partial charge in [-0.1, -0.05) is 18.5 Å². The number of halogens is 1. The van der Waals surface area contributed by atoms with E-state index in [1.165, 1.54) is 0 Å². The third-order valence-electron chi connectivity index (χ3n) is 2.83. The first-order chi connectivity index (χ1) is 8.67. The number of benzene rings is 1. The minimum absolute atomic E-state index is 0.0976. The minimum Gasteiger partial charge on any atom is -0.388 e. The van der Waals surface area contributed by atoms with Gasteiger partial charge in [0, 0.05) is 17.1 Å². The third kappa shape index (κ3) is 2.40. The highest BCUT2D eigenvalue weighted by molar-refractivity contribution is 6.31. The summed E-state index contributed by atoms with van der Waals surface area (Å²) in [5.74, 6) is 1.38. The quantitative estimate of drug-likeness (QED) is 0.925. The lowest BCUT2D eigenvalue weighted by atomic mass is 10.1. The van der Waals surface area contributed by atoms with Crippen LogP contribution >= 0.6 is 11.6 Å². The van der Waals surface area contributed by atoms with Gasteiger partial charge in [0.1, 0.15) is 6.61 Å². The zero-order valence-electron chi connectivity index (χ0n) is 10.5. The van der Waals surface area contributed by atoms with Gasteiger partial charge in [-0.25, -0.2) is 0 Å². The van der Waals surface area contributed by atoms with Crippen molar-refractivity contribution >= 4 is 11.6 Å². The van der Waals surface area contributed by atoms with Crippen molar-refractivity contribution in [2.45, 2.75) is 33.4 Å². The molecule has 2 aromatic rings. The van der Waals surface area contributed by atoms with Crippen LogP contribution in [0.15, 0.2) is 18.2 Å². The molecule has 96 valence electrons. The number of aromatic nitrogens is 3. The maximum Gasteiger partial charge on any atom is 0.164 e. The predicted octanol–water partition coefficient (Wildman–Crippen LogP) is 2.81. The molecule has 4 nitrogen and oxygen atoms in total. The van der Waals surface area contributed by atoms with Gasteiger partial charge in [-0.3, -0.25) is 0 Å². The third-order valence-corrected chi connectivity index (χ3v) is 3.26. The first-order valence-corrected chi connectivity index (χ1v) is 6.34. The fraction of sp³-hybridized carbons (Fsp3) is 0.385. The van der Waals surface area contributed by atoms with Crippen LogP contribution in [0.3, 0.4) is 0 Å². The second-order valence-electron chi connectivity index (χ2n) is 4.21. The lowest BCUT2D eigenvalue weighted by Gasteiger charge is -2.08. The van der Waals surface area contributed by atoms with Crippen LogP contribution in [0.5, 0.6) is 0 Å². The smallest absolute Gasteiger partial charge is 0.164 e. The summed E-state index contributed by atoms with van der Waals surface area (Å²) >= 11 is 6.02. The first kappa shape index (κ1) is 13.1. The molecular weight excluding hydrogens is 250 g/mol. The van der Waals surface area contributed by atoms with E-state index in [1.807, 2.05) is 29.7 Å². The molecule has 5 heteroatoms. The summed E-state index contributed by atoms with van der Waals surface area (Å²) in [5, 5.41) is 18.2. The van der Waals surface area contributed by atoms with Crippen molar-refractivity contribution in [3.63, 3.8) is 0 Å². The molecule has 0 aliphatic heterocycles. The Kier molecular flexibility index (Phi) is 3.99. The summed E-state index contributed by atoms with van der Waals surface area (Å²) in [5.41, 5.74) is 1.98. The van der Waals surface area contributed by atoms with Crippen LogP contribution in [0.25, 0.3) is 11.4 Å². The zero-order chi connectivity index (χ0) is 13.1. The lowest BCUT2D eigenvalue weighted by molar-refractivity contribution is 0.264. The number of nitrogens with zero attached hydrogens (tertiary/aromatic N) is 3. The fourth-order valence-corrected chi connectivity index (χ4v) is 2.03. The number of aliphatic hydroxyl groups is 1. The average molecular weight is 266 g/mol. The van der Waals surface area contributed by atoms with Gasteiger partial charge in [-0.05, 0) is 37.1 Å². The molecule has 0 bridgehead atoms. The topological polar surface area (TPSA) is 50.9 Å². The average Bonchev–Trinajstić information content (AvgIpc) is 2.76. The molecule has 0 saturated heterocycles. The molecule has 0 aliphatic rings. The molecule has 0 spiro atoms. The largest absolute Gasteiger partial charge is 0.388 e. The molecule has 0 aliphatic carbocycles. The summed E-state index contributed by atoms with van der Waals surface area (Å²) in [6, 6.07) is 5.77. The molecule has 2 rings (SSSR count). The monoisotopic (exact) mass is 265 g/mol. The molecule has 0 atom stereocenters. The Bertz CT molecular complexity index is 551. The van der Waals surface area contributed by atoms with Gasteiger partial charge in [-0.15, -0.1) is 10.2 Å². The van der Waals surface area contributed by atoms with E-state index < -0.39 is 0 Å². The number of hydrogen-bond acceptors (Lipinski definition) is 3. The van der Waals surface area contributed by atoms with E-state index >= 15 is 0 Å².